The molecular weight excluding hydrogens is 198 g/mol. The molecular formula is C14H21NO. The number of nitrogens with one attached hydrogen (secondary N) is 1. The van der Waals surface area contributed by atoms with E-state index in [-0.39, 0.29) is 6.04 Å². The van der Waals surface area contributed by atoms with Crippen molar-refractivity contribution >= 4 is 0 Å². The predicted molar refractivity (Wildman–Crippen MR) is 66.3 cm³/mol. The van der Waals surface area contributed by atoms with Gasteiger partial charge >= 0.3 is 0 Å². The summed E-state index contributed by atoms with van der Waals surface area (Å²) < 4.78 is 0. The number of aryl methyl sites for hydroxylation is 2. The predicted octanol–water partition coefficient (Wildman–Crippen LogP) is 3.17. The molecule has 88 valence electrons. The number of hydroxylamine groups is 1. The van der Waals surface area contributed by atoms with E-state index in [0.717, 1.165) is 0 Å². The van der Waals surface area contributed by atoms with Crippen LogP contribution >= 0.6 is 0 Å². The molecule has 1 unspecified atom stereocenters. The Morgan fingerprint density at radius 3 is 2.75 bits per heavy atom. The molecule has 0 amide bonds. The van der Waals surface area contributed by atoms with Crippen LogP contribution in [-0.4, -0.2) is 6.61 Å². The summed E-state index contributed by atoms with van der Waals surface area (Å²) in [7, 11) is 0. The summed E-state index contributed by atoms with van der Waals surface area (Å²) in [6.45, 7) is 4.84. The largest absolute Gasteiger partial charge is 0.302 e. The third-order valence-electron chi connectivity index (χ3n) is 3.28. The second-order valence-corrected chi connectivity index (χ2v) is 4.51. The maximum absolute atomic E-state index is 5.24. The molecule has 1 aromatic rings. The highest BCUT2D eigenvalue weighted by molar-refractivity contribution is 5.34. The van der Waals surface area contributed by atoms with Gasteiger partial charge in [0.25, 0.3) is 0 Å². The van der Waals surface area contributed by atoms with E-state index in [0.29, 0.717) is 6.61 Å². The van der Waals surface area contributed by atoms with E-state index < -0.39 is 0 Å². The van der Waals surface area contributed by atoms with Gasteiger partial charge in [0.05, 0.1) is 12.6 Å². The molecule has 1 N–H and O–H groups in total. The van der Waals surface area contributed by atoms with Gasteiger partial charge in [-0.1, -0.05) is 18.2 Å². The van der Waals surface area contributed by atoms with Gasteiger partial charge in [0.1, 0.15) is 0 Å². The van der Waals surface area contributed by atoms with Crippen molar-refractivity contribution in [3.05, 3.63) is 34.9 Å². The van der Waals surface area contributed by atoms with Gasteiger partial charge in [-0.2, -0.15) is 5.48 Å². The van der Waals surface area contributed by atoms with Gasteiger partial charge in [0.2, 0.25) is 0 Å². The van der Waals surface area contributed by atoms with Crippen molar-refractivity contribution in [2.75, 3.05) is 6.61 Å². The highest BCUT2D eigenvalue weighted by atomic mass is 16.6. The lowest BCUT2D eigenvalue weighted by atomic mass is 9.89. The molecule has 0 saturated carbocycles. The molecule has 1 aromatic carbocycles. The lowest BCUT2D eigenvalue weighted by Gasteiger charge is -2.19. The first-order valence-electron chi connectivity index (χ1n) is 6.30. The Bertz CT molecular complexity index is 349. The van der Waals surface area contributed by atoms with Crippen LogP contribution in [0.5, 0.6) is 0 Å². The SMILES string of the molecule is CCONC(C)c1ccc2c(c1)CCCC2. The Morgan fingerprint density at radius 2 is 2.00 bits per heavy atom. The summed E-state index contributed by atoms with van der Waals surface area (Å²) in [5.74, 6) is 0. The van der Waals surface area contributed by atoms with E-state index in [9.17, 15) is 0 Å². The number of hydrogen-bond acceptors (Lipinski definition) is 2. The first-order chi connectivity index (χ1) is 7.81. The Hall–Kier alpha value is -0.860. The Labute approximate surface area is 98.0 Å². The van der Waals surface area contributed by atoms with Crippen LogP contribution in [0.3, 0.4) is 0 Å². The summed E-state index contributed by atoms with van der Waals surface area (Å²) in [5, 5.41) is 0. The summed E-state index contributed by atoms with van der Waals surface area (Å²) in [5.41, 5.74) is 7.46. The Balaban J connectivity index is 2.10. The fraction of sp³-hybridized carbons (Fsp3) is 0.571. The zero-order valence-electron chi connectivity index (χ0n) is 10.3. The molecule has 0 bridgehead atoms. The number of hydrogen-bond donors (Lipinski definition) is 1. The second-order valence-electron chi connectivity index (χ2n) is 4.51. The van der Waals surface area contributed by atoms with Crippen molar-refractivity contribution in [2.45, 2.75) is 45.6 Å². The van der Waals surface area contributed by atoms with Gasteiger partial charge in [-0.15, -0.1) is 0 Å². The smallest absolute Gasteiger partial charge is 0.0654 e. The lowest BCUT2D eigenvalue weighted by Crippen LogP contribution is -2.19. The quantitative estimate of drug-likeness (QED) is 0.785. The van der Waals surface area contributed by atoms with Crippen LogP contribution in [0.15, 0.2) is 18.2 Å². The molecule has 2 heteroatoms. The van der Waals surface area contributed by atoms with Gasteiger partial charge in [-0.05, 0) is 56.2 Å². The molecule has 1 atom stereocenters. The maximum atomic E-state index is 5.24. The molecule has 2 nitrogen and oxygen atoms in total. The van der Waals surface area contributed by atoms with Gasteiger partial charge in [-0.3, -0.25) is 0 Å². The van der Waals surface area contributed by atoms with Crippen molar-refractivity contribution in [3.8, 4) is 0 Å². The number of rotatable bonds is 4. The van der Waals surface area contributed by atoms with E-state index in [4.69, 9.17) is 4.84 Å². The van der Waals surface area contributed by atoms with Crippen molar-refractivity contribution in [1.82, 2.24) is 5.48 Å². The fourth-order valence-corrected chi connectivity index (χ4v) is 2.30. The third-order valence-corrected chi connectivity index (χ3v) is 3.28. The molecule has 16 heavy (non-hydrogen) atoms. The van der Waals surface area contributed by atoms with Gasteiger partial charge < -0.3 is 4.84 Å². The molecule has 0 aromatic heterocycles. The molecule has 2 rings (SSSR count). The molecule has 0 fully saturated rings. The van der Waals surface area contributed by atoms with Crippen molar-refractivity contribution < 1.29 is 4.84 Å². The van der Waals surface area contributed by atoms with Crippen LogP contribution in [0.2, 0.25) is 0 Å². The number of fused-ring (bicyclic) bond motifs is 1. The summed E-state index contributed by atoms with van der Waals surface area (Å²) in [6, 6.07) is 7.12. The molecule has 1 aliphatic rings. The van der Waals surface area contributed by atoms with E-state index in [1.54, 1.807) is 5.56 Å². The van der Waals surface area contributed by atoms with Gasteiger partial charge in [0.15, 0.2) is 0 Å². The minimum absolute atomic E-state index is 0.271. The zero-order chi connectivity index (χ0) is 11.4. The Morgan fingerprint density at radius 1 is 1.25 bits per heavy atom. The first-order valence-corrected chi connectivity index (χ1v) is 6.30. The van der Waals surface area contributed by atoms with E-state index in [1.807, 2.05) is 6.92 Å². The summed E-state index contributed by atoms with van der Waals surface area (Å²) in [6.07, 6.45) is 5.18. The first kappa shape index (κ1) is 11.6. The highest BCUT2D eigenvalue weighted by Crippen LogP contribution is 2.24. The van der Waals surface area contributed by atoms with Crippen molar-refractivity contribution in [2.24, 2.45) is 0 Å². The van der Waals surface area contributed by atoms with Crippen molar-refractivity contribution in [1.29, 1.82) is 0 Å². The average molecular weight is 219 g/mol. The molecule has 1 aliphatic carbocycles. The summed E-state index contributed by atoms with van der Waals surface area (Å²) in [4.78, 5) is 5.24. The summed E-state index contributed by atoms with van der Waals surface area (Å²) >= 11 is 0. The topological polar surface area (TPSA) is 21.3 Å². The van der Waals surface area contributed by atoms with Crippen LogP contribution in [-0.2, 0) is 17.7 Å². The van der Waals surface area contributed by atoms with E-state index >= 15 is 0 Å². The van der Waals surface area contributed by atoms with E-state index in [2.05, 4.69) is 30.6 Å². The monoisotopic (exact) mass is 219 g/mol. The maximum Gasteiger partial charge on any atom is 0.0654 e. The van der Waals surface area contributed by atoms with Crippen LogP contribution in [0.4, 0.5) is 0 Å². The minimum atomic E-state index is 0.271. The van der Waals surface area contributed by atoms with Crippen LogP contribution in [0.25, 0.3) is 0 Å². The number of benzene rings is 1. The average Bonchev–Trinajstić information content (AvgIpc) is 2.35. The van der Waals surface area contributed by atoms with E-state index in [1.165, 1.54) is 36.8 Å². The van der Waals surface area contributed by atoms with Crippen LogP contribution < -0.4 is 5.48 Å². The zero-order valence-corrected chi connectivity index (χ0v) is 10.3. The lowest BCUT2D eigenvalue weighted by molar-refractivity contribution is 0.0285. The van der Waals surface area contributed by atoms with Gasteiger partial charge in [0, 0.05) is 0 Å². The highest BCUT2D eigenvalue weighted by Gasteiger charge is 2.12. The standard InChI is InChI=1S/C14H21NO/c1-3-16-15-11(2)13-9-8-12-6-4-5-7-14(12)10-13/h8-11,15H,3-7H2,1-2H3. The van der Waals surface area contributed by atoms with Crippen LogP contribution in [0, 0.1) is 0 Å². The normalized spacial score (nSPS) is 16.9. The Kier molecular flexibility index (Phi) is 3.97. The molecule has 0 aliphatic heterocycles. The molecule has 0 saturated heterocycles. The molecule has 0 spiro atoms. The second kappa shape index (κ2) is 5.46. The fourth-order valence-electron chi connectivity index (χ4n) is 2.30. The minimum Gasteiger partial charge on any atom is -0.302 e. The molecule has 0 heterocycles. The van der Waals surface area contributed by atoms with Gasteiger partial charge in [-0.25, -0.2) is 0 Å². The van der Waals surface area contributed by atoms with Crippen LogP contribution in [0.1, 0.15) is 49.4 Å². The van der Waals surface area contributed by atoms with Crippen molar-refractivity contribution in [3.63, 3.8) is 0 Å². The third kappa shape index (κ3) is 2.63. The molecule has 0 radical (unpaired) electrons.